The van der Waals surface area contributed by atoms with Crippen LogP contribution in [0.1, 0.15) is 39.0 Å². The van der Waals surface area contributed by atoms with Crippen LogP contribution in [0.3, 0.4) is 0 Å². The Labute approximate surface area is 110 Å². The van der Waals surface area contributed by atoms with Gasteiger partial charge in [0, 0.05) is 13.1 Å². The molecule has 2 rings (SSSR count). The molecule has 18 heavy (non-hydrogen) atoms. The van der Waals surface area contributed by atoms with Crippen molar-refractivity contribution in [1.29, 1.82) is 0 Å². The molecule has 2 aliphatic heterocycles. The van der Waals surface area contributed by atoms with E-state index in [1.165, 1.54) is 45.3 Å². The summed E-state index contributed by atoms with van der Waals surface area (Å²) in [5.74, 6) is 0.577. The third-order valence-electron chi connectivity index (χ3n) is 4.44. The third-order valence-corrected chi connectivity index (χ3v) is 4.44. The molecule has 4 nitrogen and oxygen atoms in total. The summed E-state index contributed by atoms with van der Waals surface area (Å²) in [6.07, 6.45) is 6.17. The standard InChI is InChI=1S/C14H27N3O/c1-2-13(14(15)18)17-9-6-12(11-17)10-16-7-4-3-5-8-16/h12-13H,2-11H2,1H3,(H2,15,18)/t12-,13-/m0/s1. The van der Waals surface area contributed by atoms with Crippen molar-refractivity contribution in [3.63, 3.8) is 0 Å². The molecule has 0 bridgehead atoms. The fraction of sp³-hybridized carbons (Fsp3) is 0.929. The maximum atomic E-state index is 11.4. The fourth-order valence-corrected chi connectivity index (χ4v) is 3.44. The highest BCUT2D eigenvalue weighted by molar-refractivity contribution is 5.79. The van der Waals surface area contributed by atoms with E-state index < -0.39 is 0 Å². The zero-order chi connectivity index (χ0) is 13.0. The average molecular weight is 253 g/mol. The quantitative estimate of drug-likeness (QED) is 0.797. The summed E-state index contributed by atoms with van der Waals surface area (Å²) in [6, 6.07) is -0.0450. The molecule has 0 aromatic rings. The van der Waals surface area contributed by atoms with E-state index in [-0.39, 0.29) is 11.9 Å². The van der Waals surface area contributed by atoms with Crippen LogP contribution in [-0.4, -0.2) is 54.5 Å². The second-order valence-electron chi connectivity index (χ2n) is 5.84. The number of hydrogen-bond acceptors (Lipinski definition) is 3. The second-order valence-corrected chi connectivity index (χ2v) is 5.84. The van der Waals surface area contributed by atoms with Crippen LogP contribution in [0.5, 0.6) is 0 Å². The van der Waals surface area contributed by atoms with Gasteiger partial charge in [0.1, 0.15) is 0 Å². The van der Waals surface area contributed by atoms with Crippen molar-refractivity contribution in [2.75, 3.05) is 32.7 Å². The minimum absolute atomic E-state index is 0.0450. The Balaban J connectivity index is 1.78. The van der Waals surface area contributed by atoms with Crippen LogP contribution in [0.2, 0.25) is 0 Å². The van der Waals surface area contributed by atoms with Gasteiger partial charge in [-0.3, -0.25) is 9.69 Å². The monoisotopic (exact) mass is 253 g/mol. The number of primary amides is 1. The van der Waals surface area contributed by atoms with Gasteiger partial charge in [-0.25, -0.2) is 0 Å². The summed E-state index contributed by atoms with van der Waals surface area (Å²) in [5.41, 5.74) is 5.47. The smallest absolute Gasteiger partial charge is 0.234 e. The van der Waals surface area contributed by atoms with Crippen molar-refractivity contribution in [3.8, 4) is 0 Å². The first-order valence-electron chi connectivity index (χ1n) is 7.46. The molecule has 2 saturated heterocycles. The second kappa shape index (κ2) is 6.53. The molecule has 2 aliphatic rings. The molecule has 0 aromatic carbocycles. The van der Waals surface area contributed by atoms with Gasteiger partial charge < -0.3 is 10.6 Å². The number of likely N-dealkylation sites (tertiary alicyclic amines) is 2. The highest BCUT2D eigenvalue weighted by atomic mass is 16.1. The fourth-order valence-electron chi connectivity index (χ4n) is 3.44. The average Bonchev–Trinajstić information content (AvgIpc) is 2.79. The van der Waals surface area contributed by atoms with E-state index in [0.717, 1.165) is 25.4 Å². The van der Waals surface area contributed by atoms with E-state index in [4.69, 9.17) is 5.73 Å². The van der Waals surface area contributed by atoms with E-state index >= 15 is 0 Å². The molecule has 2 atom stereocenters. The maximum Gasteiger partial charge on any atom is 0.234 e. The summed E-state index contributed by atoms with van der Waals surface area (Å²) in [7, 11) is 0. The SMILES string of the molecule is CC[C@@H](C(N)=O)N1CC[C@@H](CN2CCCCC2)C1. The predicted octanol–water partition coefficient (Wildman–Crippen LogP) is 1.06. The molecule has 104 valence electrons. The van der Waals surface area contributed by atoms with Crippen molar-refractivity contribution in [1.82, 2.24) is 9.80 Å². The Kier molecular flexibility index (Phi) is 5.01. The van der Waals surface area contributed by atoms with E-state index in [0.29, 0.717) is 0 Å². The summed E-state index contributed by atoms with van der Waals surface area (Å²) in [4.78, 5) is 16.3. The molecule has 0 aliphatic carbocycles. The molecular weight excluding hydrogens is 226 g/mol. The van der Waals surface area contributed by atoms with Gasteiger partial charge in [0.15, 0.2) is 0 Å². The first kappa shape index (κ1) is 13.8. The number of amides is 1. The van der Waals surface area contributed by atoms with E-state index in [2.05, 4.69) is 9.80 Å². The largest absolute Gasteiger partial charge is 0.368 e. The number of nitrogens with two attached hydrogens (primary N) is 1. The summed E-state index contributed by atoms with van der Waals surface area (Å²) < 4.78 is 0. The first-order chi connectivity index (χ1) is 8.70. The number of piperidine rings is 1. The lowest BCUT2D eigenvalue weighted by Crippen LogP contribution is -2.43. The van der Waals surface area contributed by atoms with Crippen molar-refractivity contribution < 1.29 is 4.79 Å². The van der Waals surface area contributed by atoms with E-state index in [1.54, 1.807) is 0 Å². The normalized spacial score (nSPS) is 28.4. The van der Waals surface area contributed by atoms with E-state index in [9.17, 15) is 4.79 Å². The van der Waals surface area contributed by atoms with Crippen LogP contribution in [0, 0.1) is 5.92 Å². The minimum atomic E-state index is -0.156. The van der Waals surface area contributed by atoms with Gasteiger partial charge in [0.05, 0.1) is 6.04 Å². The molecular formula is C14H27N3O. The molecule has 1 amide bonds. The number of carbonyl (C=O) groups is 1. The van der Waals surface area contributed by atoms with Crippen molar-refractivity contribution in [3.05, 3.63) is 0 Å². The van der Waals surface area contributed by atoms with Crippen molar-refractivity contribution in [2.45, 2.75) is 45.1 Å². The van der Waals surface area contributed by atoms with Gasteiger partial charge in [-0.2, -0.15) is 0 Å². The molecule has 0 unspecified atom stereocenters. The molecule has 4 heteroatoms. The zero-order valence-corrected chi connectivity index (χ0v) is 11.6. The number of nitrogens with zero attached hydrogens (tertiary/aromatic N) is 2. The number of carbonyl (C=O) groups excluding carboxylic acids is 1. The van der Waals surface area contributed by atoms with Crippen LogP contribution in [0.15, 0.2) is 0 Å². The van der Waals surface area contributed by atoms with Crippen molar-refractivity contribution >= 4 is 5.91 Å². The Morgan fingerprint density at radius 3 is 2.61 bits per heavy atom. The predicted molar refractivity (Wildman–Crippen MR) is 73.2 cm³/mol. The van der Waals surface area contributed by atoms with E-state index in [1.807, 2.05) is 6.92 Å². The lowest BCUT2D eigenvalue weighted by molar-refractivity contribution is -0.123. The molecule has 2 N–H and O–H groups in total. The Morgan fingerprint density at radius 1 is 1.28 bits per heavy atom. The number of hydrogen-bond donors (Lipinski definition) is 1. The van der Waals surface area contributed by atoms with Gasteiger partial charge in [0.25, 0.3) is 0 Å². The summed E-state index contributed by atoms with van der Waals surface area (Å²) >= 11 is 0. The molecule has 0 spiro atoms. The summed E-state index contributed by atoms with van der Waals surface area (Å²) in [5, 5.41) is 0. The Bertz CT molecular complexity index is 276. The van der Waals surface area contributed by atoms with Gasteiger partial charge >= 0.3 is 0 Å². The topological polar surface area (TPSA) is 49.6 Å². The van der Waals surface area contributed by atoms with Gasteiger partial charge in [-0.05, 0) is 51.2 Å². The minimum Gasteiger partial charge on any atom is -0.368 e. The summed E-state index contributed by atoms with van der Waals surface area (Å²) in [6.45, 7) is 7.89. The Morgan fingerprint density at radius 2 is 2.00 bits per heavy atom. The highest BCUT2D eigenvalue weighted by Crippen LogP contribution is 2.22. The molecule has 0 saturated carbocycles. The zero-order valence-electron chi connectivity index (χ0n) is 11.6. The lowest BCUT2D eigenvalue weighted by Gasteiger charge is -2.29. The molecule has 2 heterocycles. The molecule has 0 radical (unpaired) electrons. The lowest BCUT2D eigenvalue weighted by atomic mass is 10.1. The molecule has 0 aromatic heterocycles. The van der Waals surface area contributed by atoms with Crippen LogP contribution in [-0.2, 0) is 4.79 Å². The number of rotatable bonds is 5. The van der Waals surface area contributed by atoms with Gasteiger partial charge in [0.2, 0.25) is 5.91 Å². The Hall–Kier alpha value is -0.610. The van der Waals surface area contributed by atoms with Crippen molar-refractivity contribution in [2.24, 2.45) is 11.7 Å². The van der Waals surface area contributed by atoms with Crippen LogP contribution >= 0.6 is 0 Å². The van der Waals surface area contributed by atoms with Gasteiger partial charge in [-0.1, -0.05) is 13.3 Å². The third kappa shape index (κ3) is 3.45. The van der Waals surface area contributed by atoms with Crippen LogP contribution in [0.4, 0.5) is 0 Å². The van der Waals surface area contributed by atoms with Gasteiger partial charge in [-0.15, -0.1) is 0 Å². The van der Waals surface area contributed by atoms with Crippen LogP contribution in [0.25, 0.3) is 0 Å². The maximum absolute atomic E-state index is 11.4. The molecule has 2 fully saturated rings. The van der Waals surface area contributed by atoms with Crippen LogP contribution < -0.4 is 5.73 Å². The highest BCUT2D eigenvalue weighted by Gasteiger charge is 2.31. The first-order valence-corrected chi connectivity index (χ1v) is 7.46.